The van der Waals surface area contributed by atoms with Gasteiger partial charge in [0, 0.05) is 12.2 Å². The molecule has 0 aliphatic carbocycles. The number of benzene rings is 1. The van der Waals surface area contributed by atoms with Crippen LogP contribution in [-0.4, -0.2) is 20.4 Å². The fraction of sp³-hybridized carbons (Fsp3) is 0.267. The van der Waals surface area contributed by atoms with Crippen LogP contribution in [0.1, 0.15) is 16.8 Å². The predicted octanol–water partition coefficient (Wildman–Crippen LogP) is 2.05. The number of rotatable bonds is 6. The molecule has 2 N–H and O–H groups in total. The Morgan fingerprint density at radius 1 is 1.05 bits per heavy atom. The Hall–Kier alpha value is -1.92. The van der Waals surface area contributed by atoms with Gasteiger partial charge in [0.25, 0.3) is 0 Å². The van der Waals surface area contributed by atoms with Crippen molar-refractivity contribution in [2.75, 3.05) is 11.8 Å². The van der Waals surface area contributed by atoms with E-state index in [0.29, 0.717) is 5.69 Å². The molecular weight excluding hydrogens is 286 g/mol. The van der Waals surface area contributed by atoms with Gasteiger partial charge in [-0.3, -0.25) is 9.71 Å². The molecule has 0 aliphatic heterocycles. The summed E-state index contributed by atoms with van der Waals surface area (Å²) in [5.41, 5.74) is 3.20. The highest BCUT2D eigenvalue weighted by Crippen LogP contribution is 2.13. The van der Waals surface area contributed by atoms with Crippen molar-refractivity contribution in [3.8, 4) is 0 Å². The van der Waals surface area contributed by atoms with Crippen LogP contribution in [0.25, 0.3) is 0 Å². The fourth-order valence-electron chi connectivity index (χ4n) is 1.92. The smallest absolute Gasteiger partial charge is 0.236 e. The molecule has 5 nitrogen and oxygen atoms in total. The Balaban J connectivity index is 2.04. The van der Waals surface area contributed by atoms with E-state index >= 15 is 0 Å². The lowest BCUT2D eigenvalue weighted by molar-refractivity contribution is 0.600. The van der Waals surface area contributed by atoms with E-state index in [2.05, 4.69) is 15.0 Å². The maximum Gasteiger partial charge on any atom is 0.236 e. The molecule has 1 heterocycles. The van der Waals surface area contributed by atoms with E-state index in [1.807, 2.05) is 38.2 Å². The summed E-state index contributed by atoms with van der Waals surface area (Å²) in [5, 5.41) is 3.05. The number of anilines is 1. The summed E-state index contributed by atoms with van der Waals surface area (Å²) in [6, 6.07) is 11.0. The molecule has 0 bridgehead atoms. The van der Waals surface area contributed by atoms with Crippen molar-refractivity contribution in [2.45, 2.75) is 19.2 Å². The molecule has 0 fully saturated rings. The van der Waals surface area contributed by atoms with E-state index in [1.165, 1.54) is 6.20 Å². The Bertz CT molecular complexity index is 680. The van der Waals surface area contributed by atoms with Crippen LogP contribution < -0.4 is 10.0 Å². The van der Waals surface area contributed by atoms with Gasteiger partial charge < -0.3 is 5.32 Å². The third-order valence-corrected chi connectivity index (χ3v) is 4.21. The summed E-state index contributed by atoms with van der Waals surface area (Å²) >= 11 is 0. The van der Waals surface area contributed by atoms with E-state index in [0.717, 1.165) is 23.4 Å². The van der Waals surface area contributed by atoms with Crippen molar-refractivity contribution in [2.24, 2.45) is 0 Å². The third kappa shape index (κ3) is 4.84. The van der Waals surface area contributed by atoms with Crippen LogP contribution in [0.5, 0.6) is 0 Å². The number of pyridine rings is 1. The summed E-state index contributed by atoms with van der Waals surface area (Å²) in [4.78, 5) is 4.07. The SMILES string of the molecule is CNCc1ccc(CS(=O)(=O)Nc2ccc(C)nc2)cc1. The molecule has 6 heteroatoms. The van der Waals surface area contributed by atoms with Crippen LogP contribution in [0.3, 0.4) is 0 Å². The first-order chi connectivity index (χ1) is 9.98. The normalized spacial score (nSPS) is 11.3. The van der Waals surface area contributed by atoms with Gasteiger partial charge in [-0.2, -0.15) is 0 Å². The fourth-order valence-corrected chi connectivity index (χ4v) is 3.10. The maximum absolute atomic E-state index is 12.1. The van der Waals surface area contributed by atoms with Crippen LogP contribution in [0, 0.1) is 6.92 Å². The molecule has 1 aromatic heterocycles. The van der Waals surface area contributed by atoms with Crippen molar-refractivity contribution < 1.29 is 8.42 Å². The van der Waals surface area contributed by atoms with Crippen LogP contribution in [0.15, 0.2) is 42.6 Å². The van der Waals surface area contributed by atoms with Gasteiger partial charge in [-0.1, -0.05) is 24.3 Å². The molecule has 0 aliphatic rings. The summed E-state index contributed by atoms with van der Waals surface area (Å²) < 4.78 is 26.8. The molecule has 1 aromatic carbocycles. The number of hydrogen-bond donors (Lipinski definition) is 2. The Morgan fingerprint density at radius 3 is 2.29 bits per heavy atom. The van der Waals surface area contributed by atoms with Crippen molar-refractivity contribution >= 4 is 15.7 Å². The number of aromatic nitrogens is 1. The number of nitrogens with one attached hydrogen (secondary N) is 2. The second kappa shape index (κ2) is 6.69. The van der Waals surface area contributed by atoms with E-state index in [-0.39, 0.29) is 5.75 Å². The monoisotopic (exact) mass is 305 g/mol. The van der Waals surface area contributed by atoms with E-state index in [1.54, 1.807) is 12.1 Å². The first-order valence-corrected chi connectivity index (χ1v) is 8.29. The lowest BCUT2D eigenvalue weighted by Crippen LogP contribution is -2.15. The minimum absolute atomic E-state index is 0.0549. The molecular formula is C15H19N3O2S. The standard InChI is InChI=1S/C15H19N3O2S/c1-12-3-8-15(10-17-12)18-21(19,20)11-14-6-4-13(5-7-14)9-16-2/h3-8,10,16,18H,9,11H2,1-2H3. The summed E-state index contributed by atoms with van der Waals surface area (Å²) in [6.45, 7) is 2.62. The lowest BCUT2D eigenvalue weighted by Gasteiger charge is -2.08. The minimum atomic E-state index is -3.43. The van der Waals surface area contributed by atoms with Crippen LogP contribution >= 0.6 is 0 Å². The van der Waals surface area contributed by atoms with Crippen LogP contribution in [0.2, 0.25) is 0 Å². The zero-order valence-electron chi connectivity index (χ0n) is 12.1. The highest BCUT2D eigenvalue weighted by Gasteiger charge is 2.11. The summed E-state index contributed by atoms with van der Waals surface area (Å²) in [7, 11) is -1.56. The molecule has 112 valence electrons. The van der Waals surface area contributed by atoms with Crippen LogP contribution in [-0.2, 0) is 22.3 Å². The minimum Gasteiger partial charge on any atom is -0.316 e. The Kier molecular flexibility index (Phi) is 4.93. The Labute approximate surface area is 125 Å². The van der Waals surface area contributed by atoms with Crippen molar-refractivity contribution in [3.63, 3.8) is 0 Å². The van der Waals surface area contributed by atoms with Gasteiger partial charge in [0.15, 0.2) is 0 Å². The van der Waals surface area contributed by atoms with Crippen molar-refractivity contribution in [1.29, 1.82) is 0 Å². The first-order valence-electron chi connectivity index (χ1n) is 6.64. The highest BCUT2D eigenvalue weighted by molar-refractivity contribution is 7.91. The number of sulfonamides is 1. The number of hydrogen-bond acceptors (Lipinski definition) is 4. The zero-order chi connectivity index (χ0) is 15.3. The van der Waals surface area contributed by atoms with Gasteiger partial charge in [-0.05, 0) is 37.2 Å². The highest BCUT2D eigenvalue weighted by atomic mass is 32.2. The summed E-state index contributed by atoms with van der Waals surface area (Å²) in [5.74, 6) is -0.0549. The van der Waals surface area contributed by atoms with Crippen molar-refractivity contribution in [1.82, 2.24) is 10.3 Å². The molecule has 0 radical (unpaired) electrons. The molecule has 0 saturated carbocycles. The molecule has 2 aromatic rings. The second-order valence-corrected chi connectivity index (χ2v) is 6.62. The number of nitrogens with zero attached hydrogens (tertiary/aromatic N) is 1. The van der Waals surface area contributed by atoms with Gasteiger partial charge in [-0.15, -0.1) is 0 Å². The molecule has 0 amide bonds. The van der Waals surface area contributed by atoms with Gasteiger partial charge in [-0.25, -0.2) is 8.42 Å². The third-order valence-electron chi connectivity index (χ3n) is 2.95. The predicted molar refractivity (Wildman–Crippen MR) is 84.4 cm³/mol. The van der Waals surface area contributed by atoms with Gasteiger partial charge in [0.05, 0.1) is 17.6 Å². The second-order valence-electron chi connectivity index (χ2n) is 4.90. The summed E-state index contributed by atoms with van der Waals surface area (Å²) in [6.07, 6.45) is 1.52. The largest absolute Gasteiger partial charge is 0.316 e. The van der Waals surface area contributed by atoms with Crippen LogP contribution in [0.4, 0.5) is 5.69 Å². The average Bonchev–Trinajstić information content (AvgIpc) is 2.43. The average molecular weight is 305 g/mol. The number of aryl methyl sites for hydroxylation is 1. The van der Waals surface area contributed by atoms with E-state index in [9.17, 15) is 8.42 Å². The van der Waals surface area contributed by atoms with E-state index in [4.69, 9.17) is 0 Å². The first kappa shape index (κ1) is 15.5. The molecule has 21 heavy (non-hydrogen) atoms. The zero-order valence-corrected chi connectivity index (χ0v) is 12.9. The molecule has 0 saturated heterocycles. The van der Waals surface area contributed by atoms with Gasteiger partial charge in [0.1, 0.15) is 0 Å². The molecule has 0 atom stereocenters. The quantitative estimate of drug-likeness (QED) is 0.857. The maximum atomic E-state index is 12.1. The van der Waals surface area contributed by atoms with E-state index < -0.39 is 10.0 Å². The molecule has 2 rings (SSSR count). The van der Waals surface area contributed by atoms with Gasteiger partial charge in [0.2, 0.25) is 10.0 Å². The molecule has 0 spiro atoms. The van der Waals surface area contributed by atoms with Gasteiger partial charge >= 0.3 is 0 Å². The van der Waals surface area contributed by atoms with Crippen molar-refractivity contribution in [3.05, 3.63) is 59.4 Å². The molecule has 0 unspecified atom stereocenters. The Morgan fingerprint density at radius 2 is 1.71 bits per heavy atom. The topological polar surface area (TPSA) is 71.1 Å². The lowest BCUT2D eigenvalue weighted by atomic mass is 10.1.